The predicted molar refractivity (Wildman–Crippen MR) is 65.3 cm³/mol. The van der Waals surface area contributed by atoms with Gasteiger partial charge in [0.05, 0.1) is 0 Å². The summed E-state index contributed by atoms with van der Waals surface area (Å²) in [6.45, 7) is 4.87. The van der Waals surface area contributed by atoms with Crippen molar-refractivity contribution < 1.29 is 8.42 Å². The summed E-state index contributed by atoms with van der Waals surface area (Å²) in [6.07, 6.45) is 4.06. The van der Waals surface area contributed by atoms with E-state index in [0.717, 1.165) is 25.7 Å². The number of unbranched alkanes of at least 4 members (excludes halogenated alkanes) is 2. The molecule has 0 aromatic rings. The molecule has 0 aromatic heterocycles. The second-order valence-electron chi connectivity index (χ2n) is 4.16. The van der Waals surface area contributed by atoms with Crippen LogP contribution in [0.25, 0.3) is 0 Å². The third kappa shape index (κ3) is 3.41. The van der Waals surface area contributed by atoms with E-state index >= 15 is 0 Å². The summed E-state index contributed by atoms with van der Waals surface area (Å²) in [5.41, 5.74) is 5.42. The van der Waals surface area contributed by atoms with Crippen LogP contribution in [0.15, 0.2) is 0 Å². The van der Waals surface area contributed by atoms with E-state index in [4.69, 9.17) is 5.73 Å². The minimum Gasteiger partial charge on any atom is -0.329 e. The Morgan fingerprint density at radius 2 is 1.75 bits per heavy atom. The average Bonchev–Trinajstić information content (AvgIpc) is 2.24. The van der Waals surface area contributed by atoms with Gasteiger partial charge >= 0.3 is 0 Å². The largest absolute Gasteiger partial charge is 0.329 e. The molecule has 0 saturated carbocycles. The molecule has 16 heavy (non-hydrogen) atoms. The van der Waals surface area contributed by atoms with Crippen LogP contribution in [0, 0.1) is 0 Å². The summed E-state index contributed by atoms with van der Waals surface area (Å²) in [5.74, 6) is 0. The molecule has 96 valence electrons. The number of nitrogens with two attached hydrogens (primary N) is 1. The third-order valence-corrected chi connectivity index (χ3v) is 4.89. The second kappa shape index (κ2) is 6.54. The Kier molecular flexibility index (Phi) is 5.68. The number of nitrogens with zero attached hydrogens (tertiary/aromatic N) is 2. The van der Waals surface area contributed by atoms with Gasteiger partial charge in [0.1, 0.15) is 0 Å². The Morgan fingerprint density at radius 1 is 1.12 bits per heavy atom. The molecule has 1 heterocycles. The third-order valence-electron chi connectivity index (χ3n) is 2.86. The van der Waals surface area contributed by atoms with E-state index in [1.54, 1.807) is 4.31 Å². The minimum atomic E-state index is -3.22. The van der Waals surface area contributed by atoms with Crippen LogP contribution in [-0.2, 0) is 10.2 Å². The van der Waals surface area contributed by atoms with Crippen LogP contribution in [0.5, 0.6) is 0 Å². The van der Waals surface area contributed by atoms with Crippen LogP contribution in [-0.4, -0.2) is 49.8 Å². The standard InChI is InChI=1S/C10H23N3O2S/c1-2-3-4-7-12-8-5-9-13(10-6-11)16(12,14)15/h2-11H2,1H3. The predicted octanol–water partition coefficient (Wildman–Crippen LogP) is 0.388. The van der Waals surface area contributed by atoms with Crippen LogP contribution in [0.2, 0.25) is 0 Å². The molecule has 0 spiro atoms. The van der Waals surface area contributed by atoms with Crippen LogP contribution < -0.4 is 5.73 Å². The van der Waals surface area contributed by atoms with Crippen LogP contribution in [0.3, 0.4) is 0 Å². The lowest BCUT2D eigenvalue weighted by atomic mass is 10.2. The van der Waals surface area contributed by atoms with E-state index in [1.165, 1.54) is 4.31 Å². The fourth-order valence-electron chi connectivity index (χ4n) is 1.95. The molecule has 0 atom stereocenters. The monoisotopic (exact) mass is 249 g/mol. The van der Waals surface area contributed by atoms with Crippen molar-refractivity contribution in [2.75, 3.05) is 32.7 Å². The average molecular weight is 249 g/mol. The number of hydrogen-bond donors (Lipinski definition) is 1. The van der Waals surface area contributed by atoms with Crippen molar-refractivity contribution in [3.05, 3.63) is 0 Å². The van der Waals surface area contributed by atoms with Crippen molar-refractivity contribution in [1.29, 1.82) is 0 Å². The van der Waals surface area contributed by atoms with Gasteiger partial charge in [-0.2, -0.15) is 17.0 Å². The van der Waals surface area contributed by atoms with Gasteiger partial charge in [0.15, 0.2) is 0 Å². The zero-order chi connectivity index (χ0) is 12.0. The number of rotatable bonds is 6. The minimum absolute atomic E-state index is 0.391. The summed E-state index contributed by atoms with van der Waals surface area (Å²) < 4.78 is 27.3. The first-order valence-corrected chi connectivity index (χ1v) is 7.48. The van der Waals surface area contributed by atoms with E-state index < -0.39 is 10.2 Å². The van der Waals surface area contributed by atoms with Crippen LogP contribution >= 0.6 is 0 Å². The Balaban J connectivity index is 2.56. The molecule has 1 aliphatic heterocycles. The molecule has 1 fully saturated rings. The first-order valence-electron chi connectivity index (χ1n) is 6.08. The molecular weight excluding hydrogens is 226 g/mol. The highest BCUT2D eigenvalue weighted by molar-refractivity contribution is 7.86. The summed E-state index contributed by atoms with van der Waals surface area (Å²) >= 11 is 0. The van der Waals surface area contributed by atoms with Crippen molar-refractivity contribution in [3.8, 4) is 0 Å². The first kappa shape index (κ1) is 13.9. The molecule has 0 bridgehead atoms. The lowest BCUT2D eigenvalue weighted by molar-refractivity contribution is 0.283. The van der Waals surface area contributed by atoms with E-state index in [1.807, 2.05) is 0 Å². The Hall–Kier alpha value is -0.170. The van der Waals surface area contributed by atoms with Crippen molar-refractivity contribution in [1.82, 2.24) is 8.61 Å². The molecule has 6 heteroatoms. The first-order chi connectivity index (χ1) is 7.62. The molecule has 0 aliphatic carbocycles. The maximum absolute atomic E-state index is 12.1. The van der Waals surface area contributed by atoms with Gasteiger partial charge in [-0.05, 0) is 12.8 Å². The van der Waals surface area contributed by atoms with Crippen molar-refractivity contribution in [2.24, 2.45) is 5.73 Å². The highest BCUT2D eigenvalue weighted by atomic mass is 32.2. The highest BCUT2D eigenvalue weighted by Gasteiger charge is 2.32. The van der Waals surface area contributed by atoms with Gasteiger partial charge in [-0.3, -0.25) is 0 Å². The Labute approximate surface area is 98.8 Å². The zero-order valence-electron chi connectivity index (χ0n) is 10.1. The van der Waals surface area contributed by atoms with Gasteiger partial charge in [-0.1, -0.05) is 19.8 Å². The number of hydrogen-bond acceptors (Lipinski definition) is 3. The molecule has 0 unspecified atom stereocenters. The molecule has 1 rings (SSSR count). The highest BCUT2D eigenvalue weighted by Crippen LogP contribution is 2.16. The molecule has 0 radical (unpaired) electrons. The topological polar surface area (TPSA) is 66.6 Å². The van der Waals surface area contributed by atoms with Crippen molar-refractivity contribution in [3.63, 3.8) is 0 Å². The molecular formula is C10H23N3O2S. The molecule has 1 saturated heterocycles. The Bertz CT molecular complexity index is 290. The van der Waals surface area contributed by atoms with Gasteiger partial charge in [0, 0.05) is 32.7 Å². The molecule has 0 amide bonds. The summed E-state index contributed by atoms with van der Waals surface area (Å²) in [5, 5.41) is 0. The van der Waals surface area contributed by atoms with Crippen molar-refractivity contribution in [2.45, 2.75) is 32.6 Å². The van der Waals surface area contributed by atoms with Gasteiger partial charge in [-0.25, -0.2) is 0 Å². The van der Waals surface area contributed by atoms with E-state index in [-0.39, 0.29) is 0 Å². The Morgan fingerprint density at radius 3 is 2.31 bits per heavy atom. The summed E-state index contributed by atoms with van der Waals surface area (Å²) in [4.78, 5) is 0. The lowest BCUT2D eigenvalue weighted by Gasteiger charge is -2.34. The maximum atomic E-state index is 12.1. The molecule has 5 nitrogen and oxygen atoms in total. The quantitative estimate of drug-likeness (QED) is 0.692. The van der Waals surface area contributed by atoms with Crippen LogP contribution in [0.4, 0.5) is 0 Å². The zero-order valence-corrected chi connectivity index (χ0v) is 10.9. The smallest absolute Gasteiger partial charge is 0.282 e. The van der Waals surface area contributed by atoms with Gasteiger partial charge in [0.25, 0.3) is 10.2 Å². The van der Waals surface area contributed by atoms with E-state index in [2.05, 4.69) is 6.92 Å². The normalized spacial score (nSPS) is 22.4. The van der Waals surface area contributed by atoms with E-state index in [9.17, 15) is 8.42 Å². The summed E-state index contributed by atoms with van der Waals surface area (Å²) in [6, 6.07) is 0. The summed E-state index contributed by atoms with van der Waals surface area (Å²) in [7, 11) is -3.22. The van der Waals surface area contributed by atoms with Gasteiger partial charge in [-0.15, -0.1) is 0 Å². The fraction of sp³-hybridized carbons (Fsp3) is 1.00. The molecule has 0 aromatic carbocycles. The molecule has 1 aliphatic rings. The SMILES string of the molecule is CCCCCN1CCCN(CCN)S1(=O)=O. The van der Waals surface area contributed by atoms with Crippen LogP contribution in [0.1, 0.15) is 32.6 Å². The second-order valence-corrected chi connectivity index (χ2v) is 6.08. The maximum Gasteiger partial charge on any atom is 0.282 e. The lowest BCUT2D eigenvalue weighted by Crippen LogP contribution is -2.51. The van der Waals surface area contributed by atoms with Crippen molar-refractivity contribution >= 4 is 10.2 Å². The van der Waals surface area contributed by atoms with E-state index in [0.29, 0.717) is 32.7 Å². The fourth-order valence-corrected chi connectivity index (χ4v) is 3.70. The molecule has 2 N–H and O–H groups in total. The van der Waals surface area contributed by atoms with Gasteiger partial charge in [0.2, 0.25) is 0 Å². The van der Waals surface area contributed by atoms with Gasteiger partial charge < -0.3 is 5.73 Å².